The van der Waals surface area contributed by atoms with Gasteiger partial charge in [0.15, 0.2) is 0 Å². The average molecular weight is 1320 g/mol. The fourth-order valence-electron chi connectivity index (χ4n) is 14.1. The van der Waals surface area contributed by atoms with Crippen molar-refractivity contribution in [2.24, 2.45) is 0 Å². The molecule has 0 N–H and O–H groups in total. The molecule has 536 valence electrons. The van der Waals surface area contributed by atoms with Gasteiger partial charge < -0.3 is 5.53 Å². The Morgan fingerprint density at radius 2 is 0.500 bits per heavy atom. The Bertz CT molecular complexity index is 1870. The predicted octanol–water partition coefficient (Wildman–Crippen LogP) is 32.5. The van der Waals surface area contributed by atoms with Crippen molar-refractivity contribution in [3.8, 4) is 0 Å². The van der Waals surface area contributed by atoms with Crippen LogP contribution in [0.25, 0.3) is 16.9 Å². The van der Waals surface area contributed by atoms with Crippen molar-refractivity contribution in [3.63, 3.8) is 0 Å². The summed E-state index contributed by atoms with van der Waals surface area (Å²) in [7, 11) is 0. The van der Waals surface area contributed by atoms with Gasteiger partial charge in [-0.1, -0.05) is 303 Å². The quantitative estimate of drug-likeness (QED) is 0.0358. The van der Waals surface area contributed by atoms with Crippen molar-refractivity contribution in [2.45, 2.75) is 469 Å². The van der Waals surface area contributed by atoms with Crippen LogP contribution in [0.1, 0.15) is 468 Å². The Labute approximate surface area is 584 Å². The first kappa shape index (κ1) is 86.1. The molecule has 0 aliphatic carbocycles. The SMILES string of the molecule is CCCCCCCCCCCCCCCCCCCCCCCCCCCC[CH2][Ni][CH2]CCCCCCCCCCCCCCCCCCCCCCCCCCCC.CCCCCCc1cccc(C2=CC(CCCC)=C(c3cccc(CCCCC)c3)[N+]2=[N-])c1. The molecule has 2 nitrogen and oxygen atoms in total. The van der Waals surface area contributed by atoms with Gasteiger partial charge in [0, 0.05) is 22.8 Å². The molecule has 1 heterocycles. The zero-order valence-electron chi connectivity index (χ0n) is 63.0. The van der Waals surface area contributed by atoms with E-state index in [4.69, 9.17) is 0 Å². The standard InChI is InChI=1S/C31H42N2.2C29H59.Ni/c1-4-7-10-12-16-25-17-13-20-27(22-25)30-24-29(19-9-6-3)31(33(30)32)28-21-14-18-26(23-28)15-11-8-5-2;2*1-3-5-7-9-11-13-15-17-19-21-23-25-27-29-28-26-24-22-20-18-16-14-12-10-8-6-4-2;/h13-14,17-18,20-24H,4-12,15-16,19H2,1-3H3;2*1,3-29H2,2H3;. The maximum absolute atomic E-state index is 11.4. The molecule has 2 aromatic carbocycles. The first-order valence-electron chi connectivity index (χ1n) is 42.2. The third-order valence-electron chi connectivity index (χ3n) is 20.3. The minimum absolute atomic E-state index is 0.905. The van der Waals surface area contributed by atoms with Gasteiger partial charge >= 0.3 is 166 Å². The summed E-state index contributed by atoms with van der Waals surface area (Å²) in [5.74, 6) is 0. The van der Waals surface area contributed by atoms with Crippen LogP contribution in [0.15, 0.2) is 60.2 Å². The third kappa shape index (κ3) is 52.2. The van der Waals surface area contributed by atoms with Crippen LogP contribution in [0.2, 0.25) is 10.8 Å². The second-order valence-electron chi connectivity index (χ2n) is 29.3. The van der Waals surface area contributed by atoms with Crippen LogP contribution in [-0.2, 0) is 27.3 Å². The topological polar surface area (TPSA) is 25.3 Å². The molecular weight excluding hydrogens is 1160 g/mol. The molecule has 0 saturated heterocycles. The fourth-order valence-corrected chi connectivity index (χ4v) is 15.3. The first-order valence-corrected chi connectivity index (χ1v) is 43.6. The van der Waals surface area contributed by atoms with Gasteiger partial charge in [-0.05, 0) is 73.9 Å². The Morgan fingerprint density at radius 3 is 0.804 bits per heavy atom. The number of benzene rings is 2. The summed E-state index contributed by atoms with van der Waals surface area (Å²) in [5, 5.41) is 2.87. The Hall–Kier alpha value is -1.99. The molecule has 0 atom stereocenters. The zero-order chi connectivity index (χ0) is 65.8. The van der Waals surface area contributed by atoms with Crippen molar-refractivity contribution in [2.75, 3.05) is 0 Å². The number of unbranched alkanes of at least 4 members (excludes halogenated alkanes) is 58. The monoisotopic (exact) mass is 1320 g/mol. The summed E-state index contributed by atoms with van der Waals surface area (Å²) < 4.78 is 1.45. The van der Waals surface area contributed by atoms with Crippen LogP contribution in [0.4, 0.5) is 0 Å². The summed E-state index contributed by atoms with van der Waals surface area (Å²) in [6, 6.07) is 17.5. The number of hydrogen-bond donors (Lipinski definition) is 0. The Kier molecular flexibility index (Phi) is 64.5. The molecule has 0 amide bonds. The zero-order valence-corrected chi connectivity index (χ0v) is 64.0. The number of aryl methyl sites for hydroxylation is 2. The molecule has 92 heavy (non-hydrogen) atoms. The van der Waals surface area contributed by atoms with E-state index in [1.165, 1.54) is 424 Å². The molecule has 2 aromatic rings. The molecule has 0 unspecified atom stereocenters. The molecule has 0 fully saturated rings. The van der Waals surface area contributed by atoms with E-state index in [1.54, 1.807) is 0 Å². The van der Waals surface area contributed by atoms with Crippen LogP contribution in [-0.4, -0.2) is 4.70 Å². The molecule has 0 aromatic heterocycles. The van der Waals surface area contributed by atoms with Gasteiger partial charge in [-0.15, -0.1) is 0 Å². The van der Waals surface area contributed by atoms with Gasteiger partial charge in [-0.25, -0.2) is 4.70 Å². The molecule has 0 saturated carbocycles. The summed E-state index contributed by atoms with van der Waals surface area (Å²) in [6.07, 6.45) is 96.7. The van der Waals surface area contributed by atoms with Crippen molar-refractivity contribution < 1.29 is 19.1 Å². The Morgan fingerprint density at radius 1 is 0.261 bits per heavy atom. The second-order valence-corrected chi connectivity index (χ2v) is 30.8. The van der Waals surface area contributed by atoms with E-state index in [2.05, 4.69) is 104 Å². The molecule has 0 bridgehead atoms. The van der Waals surface area contributed by atoms with E-state index in [0.29, 0.717) is 0 Å². The molecule has 1 aliphatic rings. The van der Waals surface area contributed by atoms with Crippen LogP contribution < -0.4 is 0 Å². The molecule has 3 heteroatoms. The summed E-state index contributed by atoms with van der Waals surface area (Å²) in [6.45, 7) is 11.4. The van der Waals surface area contributed by atoms with Gasteiger partial charge in [0.25, 0.3) is 0 Å². The summed E-state index contributed by atoms with van der Waals surface area (Å²) in [4.78, 5) is 0. The number of rotatable bonds is 70. The normalized spacial score (nSPS) is 12.4. The smallest absolute Gasteiger partial charge is 0.493 e. The van der Waals surface area contributed by atoms with E-state index in [-0.39, 0.29) is 0 Å². The summed E-state index contributed by atoms with van der Waals surface area (Å²) >= 11 is 2.05. The van der Waals surface area contributed by atoms with E-state index in [1.807, 2.05) is 0 Å². The van der Waals surface area contributed by atoms with Crippen molar-refractivity contribution in [1.29, 1.82) is 0 Å². The van der Waals surface area contributed by atoms with Crippen LogP contribution in [0.5, 0.6) is 0 Å². The fraction of sp³-hybridized carbons (Fsp3) is 0.820. The van der Waals surface area contributed by atoms with Gasteiger partial charge in [0.1, 0.15) is 0 Å². The summed E-state index contributed by atoms with van der Waals surface area (Å²) in [5.41, 5.74) is 19.4. The van der Waals surface area contributed by atoms with Crippen LogP contribution >= 0.6 is 0 Å². The second kappa shape index (κ2) is 68.9. The van der Waals surface area contributed by atoms with E-state index in [0.717, 1.165) is 54.6 Å². The van der Waals surface area contributed by atoms with Gasteiger partial charge in [0.05, 0.1) is 0 Å². The van der Waals surface area contributed by atoms with E-state index < -0.39 is 0 Å². The van der Waals surface area contributed by atoms with Gasteiger partial charge in [-0.3, -0.25) is 0 Å². The van der Waals surface area contributed by atoms with Gasteiger partial charge in [0.2, 0.25) is 11.4 Å². The number of nitrogens with zero attached hydrogens (tertiary/aromatic N) is 2. The first-order chi connectivity index (χ1) is 45.6. The molecular formula is C89H160N2Ni. The van der Waals surface area contributed by atoms with Crippen LogP contribution in [0, 0.1) is 0 Å². The van der Waals surface area contributed by atoms with E-state index in [9.17, 15) is 5.53 Å². The van der Waals surface area contributed by atoms with E-state index >= 15 is 0 Å². The predicted molar refractivity (Wildman–Crippen MR) is 412 cm³/mol. The van der Waals surface area contributed by atoms with Gasteiger partial charge in [-0.2, -0.15) is 0 Å². The number of hydrogen-bond acceptors (Lipinski definition) is 0. The minimum Gasteiger partial charge on any atom is -0.493 e. The maximum atomic E-state index is 11.4. The molecule has 1 aliphatic heterocycles. The van der Waals surface area contributed by atoms with Crippen molar-refractivity contribution >= 4 is 11.4 Å². The molecule has 0 spiro atoms. The van der Waals surface area contributed by atoms with Crippen molar-refractivity contribution in [3.05, 3.63) is 88.0 Å². The molecule has 0 radical (unpaired) electrons. The van der Waals surface area contributed by atoms with Crippen LogP contribution in [0.3, 0.4) is 0 Å². The van der Waals surface area contributed by atoms with Crippen molar-refractivity contribution in [1.82, 2.24) is 0 Å². The Balaban J connectivity index is 0.000000729. The third-order valence-corrected chi connectivity index (χ3v) is 21.7. The molecule has 3 rings (SSSR count). The average Bonchev–Trinajstić information content (AvgIpc) is 1.65. The number of allylic oxidation sites excluding steroid dienone is 2. The minimum atomic E-state index is 0.905.